The topological polar surface area (TPSA) is 100.0 Å². The molecule has 4 unspecified atom stereocenters. The third-order valence-corrected chi connectivity index (χ3v) is 4.82. The van der Waals surface area contributed by atoms with Crippen molar-refractivity contribution in [3.63, 3.8) is 0 Å². The van der Waals surface area contributed by atoms with Gasteiger partial charge in [0.05, 0.1) is 45.3 Å². The van der Waals surface area contributed by atoms with E-state index in [9.17, 15) is 4.79 Å². The lowest BCUT2D eigenvalue weighted by molar-refractivity contribution is 0.0485. The molecule has 0 spiro atoms. The molecule has 0 saturated carbocycles. The second-order valence-corrected chi connectivity index (χ2v) is 6.44. The van der Waals surface area contributed by atoms with Gasteiger partial charge in [0.2, 0.25) is 0 Å². The number of methoxy groups -OCH3 is 1. The van der Waals surface area contributed by atoms with E-state index in [4.69, 9.17) is 18.9 Å². The summed E-state index contributed by atoms with van der Waals surface area (Å²) in [7, 11) is 1.62. The van der Waals surface area contributed by atoms with Crippen LogP contribution >= 0.6 is 0 Å². The fourth-order valence-electron chi connectivity index (χ4n) is 3.54. The second-order valence-electron chi connectivity index (χ2n) is 6.44. The smallest absolute Gasteiger partial charge is 0.317 e. The Hall–Kier alpha value is -1.75. The monoisotopic (exact) mass is 353 g/mol. The van der Waals surface area contributed by atoms with Crippen LogP contribution in [0.3, 0.4) is 0 Å². The molecule has 3 saturated heterocycles. The molecule has 0 radical (unpaired) electrons. The summed E-state index contributed by atoms with van der Waals surface area (Å²) in [6.07, 6.45) is 1.53. The molecule has 2 amide bonds. The van der Waals surface area contributed by atoms with Crippen molar-refractivity contribution in [2.45, 2.75) is 30.9 Å². The van der Waals surface area contributed by atoms with Gasteiger partial charge in [0.25, 0.3) is 0 Å². The summed E-state index contributed by atoms with van der Waals surface area (Å²) in [5, 5.41) is 11.3. The maximum absolute atomic E-state index is 12.4. The van der Waals surface area contributed by atoms with Crippen molar-refractivity contribution >= 4 is 6.03 Å². The lowest BCUT2D eigenvalue weighted by Crippen LogP contribution is -2.52. The number of morpholine rings is 1. The number of fused-ring (bicyclic) bond motifs is 1. The second kappa shape index (κ2) is 7.24. The van der Waals surface area contributed by atoms with Crippen molar-refractivity contribution in [3.8, 4) is 0 Å². The molecule has 1 aromatic heterocycles. The van der Waals surface area contributed by atoms with Crippen LogP contribution in [0.5, 0.6) is 0 Å². The van der Waals surface area contributed by atoms with E-state index in [0.717, 1.165) is 5.69 Å². The summed E-state index contributed by atoms with van der Waals surface area (Å²) in [5.41, 5.74) is 0.765. The van der Waals surface area contributed by atoms with Crippen molar-refractivity contribution in [1.82, 2.24) is 25.2 Å². The minimum atomic E-state index is -0.176. The van der Waals surface area contributed by atoms with E-state index in [1.807, 2.05) is 6.20 Å². The predicted octanol–water partition coefficient (Wildman–Crippen LogP) is -0.826. The zero-order chi connectivity index (χ0) is 17.2. The first-order valence-corrected chi connectivity index (χ1v) is 8.52. The predicted molar refractivity (Wildman–Crippen MR) is 84.0 cm³/mol. The largest absolute Gasteiger partial charge is 0.378 e. The van der Waals surface area contributed by atoms with Gasteiger partial charge in [-0.1, -0.05) is 5.21 Å². The number of ether oxygens (including phenoxy) is 4. The van der Waals surface area contributed by atoms with Gasteiger partial charge in [-0.15, -0.1) is 5.10 Å². The molecule has 3 aliphatic heterocycles. The van der Waals surface area contributed by atoms with E-state index in [-0.39, 0.29) is 30.3 Å². The maximum atomic E-state index is 12.4. The lowest BCUT2D eigenvalue weighted by atomic mass is 10.1. The number of amides is 2. The minimum absolute atomic E-state index is 0.0478. The van der Waals surface area contributed by atoms with Gasteiger partial charge in [0.1, 0.15) is 23.9 Å². The van der Waals surface area contributed by atoms with Gasteiger partial charge in [-0.25, -0.2) is 9.48 Å². The molecular weight excluding hydrogens is 330 g/mol. The Labute approximate surface area is 145 Å². The highest BCUT2D eigenvalue weighted by Crippen LogP contribution is 2.34. The van der Waals surface area contributed by atoms with Crippen LogP contribution in [0.1, 0.15) is 11.7 Å². The van der Waals surface area contributed by atoms with Crippen LogP contribution in [-0.4, -0.2) is 90.8 Å². The van der Waals surface area contributed by atoms with Crippen molar-refractivity contribution in [1.29, 1.82) is 0 Å². The normalized spacial score (nSPS) is 32.0. The summed E-state index contributed by atoms with van der Waals surface area (Å²) in [6.45, 7) is 3.71. The average Bonchev–Trinajstić information content (AvgIpc) is 3.33. The Morgan fingerprint density at radius 2 is 2.12 bits per heavy atom. The zero-order valence-electron chi connectivity index (χ0n) is 14.2. The Kier molecular flexibility index (Phi) is 4.84. The number of rotatable bonds is 4. The molecule has 3 fully saturated rings. The number of urea groups is 1. The fraction of sp³-hybridized carbons (Fsp3) is 0.800. The molecular formula is C15H23N5O5. The Morgan fingerprint density at radius 3 is 2.92 bits per heavy atom. The van der Waals surface area contributed by atoms with Gasteiger partial charge in [0.15, 0.2) is 0 Å². The van der Waals surface area contributed by atoms with Crippen LogP contribution in [0, 0.1) is 0 Å². The first-order valence-electron chi connectivity index (χ1n) is 8.52. The zero-order valence-corrected chi connectivity index (χ0v) is 14.2. The van der Waals surface area contributed by atoms with Crippen LogP contribution < -0.4 is 5.32 Å². The summed E-state index contributed by atoms with van der Waals surface area (Å²) in [4.78, 5) is 14.1. The highest BCUT2D eigenvalue weighted by Gasteiger charge is 2.49. The number of carbonyl (C=O) groups excluding carboxylic acids is 1. The molecule has 10 heteroatoms. The quantitative estimate of drug-likeness (QED) is 0.754. The number of aromatic nitrogens is 3. The van der Waals surface area contributed by atoms with Gasteiger partial charge >= 0.3 is 6.03 Å². The van der Waals surface area contributed by atoms with Crippen molar-refractivity contribution in [3.05, 3.63) is 11.9 Å². The van der Waals surface area contributed by atoms with Crippen molar-refractivity contribution in [2.75, 3.05) is 46.6 Å². The van der Waals surface area contributed by atoms with E-state index in [0.29, 0.717) is 46.1 Å². The summed E-state index contributed by atoms with van der Waals surface area (Å²) in [5.74, 6) is 0. The van der Waals surface area contributed by atoms with Crippen LogP contribution in [0.25, 0.3) is 0 Å². The molecule has 138 valence electrons. The number of hydrogen-bond donors (Lipinski definition) is 1. The Morgan fingerprint density at radius 1 is 1.32 bits per heavy atom. The molecule has 0 aliphatic carbocycles. The van der Waals surface area contributed by atoms with Gasteiger partial charge < -0.3 is 29.2 Å². The number of hydrogen-bond acceptors (Lipinski definition) is 7. The van der Waals surface area contributed by atoms with Crippen molar-refractivity contribution < 1.29 is 23.7 Å². The molecule has 0 aromatic carbocycles. The van der Waals surface area contributed by atoms with Crippen LogP contribution in [-0.2, 0) is 25.6 Å². The molecule has 0 bridgehead atoms. The van der Waals surface area contributed by atoms with Gasteiger partial charge in [0, 0.05) is 20.2 Å². The van der Waals surface area contributed by atoms with E-state index < -0.39 is 0 Å². The van der Waals surface area contributed by atoms with Gasteiger partial charge in [-0.3, -0.25) is 0 Å². The third kappa shape index (κ3) is 3.34. The summed E-state index contributed by atoms with van der Waals surface area (Å²) < 4.78 is 23.9. The molecule has 10 nitrogen and oxygen atoms in total. The average molecular weight is 353 g/mol. The first-order chi connectivity index (χ1) is 12.3. The maximum Gasteiger partial charge on any atom is 0.317 e. The van der Waals surface area contributed by atoms with Crippen molar-refractivity contribution in [2.24, 2.45) is 0 Å². The van der Waals surface area contributed by atoms with Gasteiger partial charge in [-0.2, -0.15) is 0 Å². The van der Waals surface area contributed by atoms with E-state index in [2.05, 4.69) is 15.6 Å². The molecule has 1 N–H and O–H groups in total. The Bertz CT molecular complexity index is 605. The number of carbonyl (C=O) groups is 1. The molecule has 25 heavy (non-hydrogen) atoms. The molecule has 4 rings (SSSR count). The summed E-state index contributed by atoms with van der Waals surface area (Å²) in [6, 6.07) is -0.298. The van der Waals surface area contributed by atoms with E-state index in [1.54, 1.807) is 16.7 Å². The molecule has 3 aliphatic rings. The van der Waals surface area contributed by atoms with Crippen LogP contribution in [0.4, 0.5) is 4.79 Å². The van der Waals surface area contributed by atoms with E-state index >= 15 is 0 Å². The molecule has 1 aromatic rings. The highest BCUT2D eigenvalue weighted by molar-refractivity contribution is 5.74. The summed E-state index contributed by atoms with van der Waals surface area (Å²) >= 11 is 0. The van der Waals surface area contributed by atoms with Gasteiger partial charge in [-0.05, 0) is 0 Å². The number of nitrogens with one attached hydrogen (secondary N) is 1. The fourth-order valence-corrected chi connectivity index (χ4v) is 3.54. The third-order valence-electron chi connectivity index (χ3n) is 4.82. The molecule has 4 heterocycles. The molecule has 4 atom stereocenters. The van der Waals surface area contributed by atoms with E-state index in [1.165, 1.54) is 0 Å². The van der Waals surface area contributed by atoms with Crippen LogP contribution in [0.2, 0.25) is 0 Å². The van der Waals surface area contributed by atoms with Crippen LogP contribution in [0.15, 0.2) is 6.20 Å². The SMILES string of the molecule is COCc1cn(C2COC3C(NC(=O)N4CCOCC4)COC32)nn1. The first kappa shape index (κ1) is 16.7. The lowest BCUT2D eigenvalue weighted by Gasteiger charge is -2.29. The highest BCUT2D eigenvalue weighted by atomic mass is 16.6. The number of nitrogens with zero attached hydrogens (tertiary/aromatic N) is 4. The standard InChI is InChI=1S/C15H23N5O5/c1-22-7-10-6-20(18-17-10)12-9-25-13-11(8-24-14(12)13)16-15(21)19-2-4-23-5-3-19/h6,11-14H,2-5,7-9H2,1H3,(H,16,21). The minimum Gasteiger partial charge on any atom is -0.378 e. The Balaban J connectivity index is 1.37.